The second kappa shape index (κ2) is 7.00. The topological polar surface area (TPSA) is 66.5 Å². The molecular weight excluding hydrogens is 391 g/mol. The summed E-state index contributed by atoms with van der Waals surface area (Å²) in [5.74, 6) is -0.955. The van der Waals surface area contributed by atoms with Crippen LogP contribution in [0.1, 0.15) is 11.1 Å². The van der Waals surface area contributed by atoms with Gasteiger partial charge in [0.15, 0.2) is 0 Å². The van der Waals surface area contributed by atoms with Crippen LogP contribution in [0, 0.1) is 19.7 Å². The third kappa shape index (κ3) is 3.38. The Morgan fingerprint density at radius 1 is 0.966 bits per heavy atom. The van der Waals surface area contributed by atoms with Crippen molar-refractivity contribution in [1.29, 1.82) is 0 Å². The summed E-state index contributed by atoms with van der Waals surface area (Å²) in [4.78, 5) is 12.7. The first kappa shape index (κ1) is 19.1. The third-order valence-corrected chi connectivity index (χ3v) is 6.87. The van der Waals surface area contributed by atoms with E-state index in [0.717, 1.165) is 15.4 Å². The fourth-order valence-electron chi connectivity index (χ4n) is 3.42. The summed E-state index contributed by atoms with van der Waals surface area (Å²) in [7, 11) is -3.96. The van der Waals surface area contributed by atoms with E-state index in [2.05, 4.69) is 5.32 Å². The van der Waals surface area contributed by atoms with Crippen molar-refractivity contribution in [2.45, 2.75) is 18.7 Å². The molecule has 0 fully saturated rings. The van der Waals surface area contributed by atoms with Gasteiger partial charge >= 0.3 is 0 Å². The molecule has 0 aromatic heterocycles. The second-order valence-electron chi connectivity index (χ2n) is 7.02. The number of aryl methyl sites for hydroxylation is 2. The number of anilines is 2. The van der Waals surface area contributed by atoms with E-state index in [1.54, 1.807) is 24.3 Å². The smallest absolute Gasteiger partial charge is 0.265 e. The molecule has 0 spiro atoms. The first-order chi connectivity index (χ1) is 13.8. The van der Waals surface area contributed by atoms with E-state index in [4.69, 9.17) is 0 Å². The molecule has 148 valence electrons. The maximum absolute atomic E-state index is 13.9. The summed E-state index contributed by atoms with van der Waals surface area (Å²) in [6.45, 7) is 3.48. The van der Waals surface area contributed by atoms with Gasteiger partial charge in [-0.05, 0) is 61.4 Å². The summed E-state index contributed by atoms with van der Waals surface area (Å²) in [6.07, 6.45) is 0. The van der Waals surface area contributed by atoms with Crippen molar-refractivity contribution < 1.29 is 17.6 Å². The number of carbonyl (C=O) groups is 1. The van der Waals surface area contributed by atoms with Crippen LogP contribution in [0.3, 0.4) is 0 Å². The minimum atomic E-state index is -3.96. The number of hydrogen-bond donors (Lipinski definition) is 1. The zero-order chi connectivity index (χ0) is 20.8. The van der Waals surface area contributed by atoms with Crippen molar-refractivity contribution >= 4 is 27.3 Å². The van der Waals surface area contributed by atoms with Crippen LogP contribution in [0.25, 0.3) is 11.1 Å². The van der Waals surface area contributed by atoms with Crippen LogP contribution in [0.2, 0.25) is 0 Å². The Bertz CT molecular complexity index is 1240. The second-order valence-corrected chi connectivity index (χ2v) is 8.85. The number of amides is 1. The number of benzene rings is 3. The number of rotatable bonds is 3. The van der Waals surface area contributed by atoms with Gasteiger partial charge in [-0.15, -0.1) is 0 Å². The molecule has 0 radical (unpaired) electrons. The Kier molecular flexibility index (Phi) is 4.62. The Morgan fingerprint density at radius 3 is 2.48 bits per heavy atom. The van der Waals surface area contributed by atoms with E-state index in [0.29, 0.717) is 16.8 Å². The number of nitrogens with one attached hydrogen (secondary N) is 1. The van der Waals surface area contributed by atoms with Gasteiger partial charge in [0.1, 0.15) is 12.4 Å². The molecule has 3 aromatic rings. The maximum atomic E-state index is 13.9. The maximum Gasteiger partial charge on any atom is 0.265 e. The van der Waals surface area contributed by atoms with Gasteiger partial charge in [-0.1, -0.05) is 24.3 Å². The first-order valence-electron chi connectivity index (χ1n) is 9.06. The normalized spacial score (nSPS) is 14.1. The molecule has 1 heterocycles. The molecule has 0 unspecified atom stereocenters. The summed E-state index contributed by atoms with van der Waals surface area (Å²) >= 11 is 0. The molecule has 7 heteroatoms. The molecule has 0 aliphatic carbocycles. The molecule has 0 saturated carbocycles. The van der Waals surface area contributed by atoms with Crippen LogP contribution in [0.4, 0.5) is 15.8 Å². The molecule has 3 aromatic carbocycles. The van der Waals surface area contributed by atoms with E-state index in [9.17, 15) is 17.6 Å². The number of hydrogen-bond acceptors (Lipinski definition) is 3. The molecule has 0 atom stereocenters. The molecule has 5 nitrogen and oxygen atoms in total. The number of sulfonamides is 1. The van der Waals surface area contributed by atoms with E-state index in [-0.39, 0.29) is 10.6 Å². The number of nitrogens with zero attached hydrogens (tertiary/aromatic N) is 1. The zero-order valence-electron chi connectivity index (χ0n) is 15.9. The predicted molar refractivity (Wildman–Crippen MR) is 111 cm³/mol. The Labute approximate surface area is 168 Å². The van der Waals surface area contributed by atoms with Crippen molar-refractivity contribution in [1.82, 2.24) is 0 Å². The van der Waals surface area contributed by atoms with Crippen molar-refractivity contribution in [3.8, 4) is 11.1 Å². The van der Waals surface area contributed by atoms with Gasteiger partial charge in [-0.25, -0.2) is 12.8 Å². The Hall–Kier alpha value is -3.19. The van der Waals surface area contributed by atoms with Gasteiger partial charge in [0.2, 0.25) is 5.91 Å². The molecule has 0 bridgehead atoms. The summed E-state index contributed by atoms with van der Waals surface area (Å²) in [5, 5.41) is 2.74. The Morgan fingerprint density at radius 2 is 1.72 bits per heavy atom. The van der Waals surface area contributed by atoms with E-state index in [1.165, 1.54) is 24.3 Å². The Balaban J connectivity index is 1.72. The molecular formula is C22H19FN2O3S. The average molecular weight is 410 g/mol. The van der Waals surface area contributed by atoms with Crippen LogP contribution in [0.5, 0.6) is 0 Å². The van der Waals surface area contributed by atoms with Crippen LogP contribution in [-0.4, -0.2) is 20.9 Å². The van der Waals surface area contributed by atoms with Crippen molar-refractivity contribution in [3.63, 3.8) is 0 Å². The predicted octanol–water partition coefficient (Wildman–Crippen LogP) is 4.26. The lowest BCUT2D eigenvalue weighted by Crippen LogP contribution is -2.40. The van der Waals surface area contributed by atoms with Gasteiger partial charge in [-0.3, -0.25) is 9.10 Å². The third-order valence-electron chi connectivity index (χ3n) is 5.05. The largest absolute Gasteiger partial charge is 0.325 e. The lowest BCUT2D eigenvalue weighted by atomic mass is 10.0. The van der Waals surface area contributed by atoms with Gasteiger partial charge in [0.05, 0.1) is 10.6 Å². The van der Waals surface area contributed by atoms with E-state index >= 15 is 0 Å². The van der Waals surface area contributed by atoms with Gasteiger partial charge < -0.3 is 5.32 Å². The molecule has 1 N–H and O–H groups in total. The van der Waals surface area contributed by atoms with Crippen LogP contribution in [-0.2, 0) is 14.8 Å². The monoisotopic (exact) mass is 410 g/mol. The highest BCUT2D eigenvalue weighted by Crippen LogP contribution is 2.43. The summed E-state index contributed by atoms with van der Waals surface area (Å²) in [6, 6.07) is 15.8. The minimum Gasteiger partial charge on any atom is -0.325 e. The number of fused-ring (bicyclic) bond motifs is 3. The van der Waals surface area contributed by atoms with E-state index < -0.39 is 28.3 Å². The van der Waals surface area contributed by atoms with E-state index in [1.807, 2.05) is 26.0 Å². The fourth-order valence-corrected chi connectivity index (χ4v) is 5.07. The lowest BCUT2D eigenvalue weighted by Gasteiger charge is -2.31. The average Bonchev–Trinajstić information content (AvgIpc) is 2.68. The fraction of sp³-hybridized carbons (Fsp3) is 0.136. The van der Waals surface area contributed by atoms with Crippen LogP contribution >= 0.6 is 0 Å². The minimum absolute atomic E-state index is 0.0529. The van der Waals surface area contributed by atoms with Crippen molar-refractivity contribution in [2.75, 3.05) is 16.2 Å². The lowest BCUT2D eigenvalue weighted by molar-refractivity contribution is -0.114. The standard InChI is InChI=1S/C22H19FN2O3S/c1-14-7-9-17(11-15(14)2)24-22(26)13-25-20-10-8-16(23)12-19(20)18-5-3-4-6-21(18)29(25,27)28/h3-12H,13H2,1-2H3,(H,24,26). The van der Waals surface area contributed by atoms with Gasteiger partial charge in [-0.2, -0.15) is 0 Å². The van der Waals surface area contributed by atoms with Gasteiger partial charge in [0.25, 0.3) is 10.0 Å². The number of halogens is 1. The highest BCUT2D eigenvalue weighted by Gasteiger charge is 2.36. The highest BCUT2D eigenvalue weighted by molar-refractivity contribution is 7.93. The first-order valence-corrected chi connectivity index (χ1v) is 10.5. The zero-order valence-corrected chi connectivity index (χ0v) is 16.8. The molecule has 1 amide bonds. The van der Waals surface area contributed by atoms with Crippen molar-refractivity contribution in [2.24, 2.45) is 0 Å². The molecule has 1 aliphatic rings. The number of carbonyl (C=O) groups excluding carboxylic acids is 1. The SMILES string of the molecule is Cc1ccc(NC(=O)CN2c3ccc(F)cc3-c3ccccc3S2(=O)=O)cc1C. The molecule has 29 heavy (non-hydrogen) atoms. The highest BCUT2D eigenvalue weighted by atomic mass is 32.2. The molecule has 4 rings (SSSR count). The summed E-state index contributed by atoms with van der Waals surface area (Å²) in [5.41, 5.74) is 3.84. The molecule has 1 aliphatic heterocycles. The summed E-state index contributed by atoms with van der Waals surface area (Å²) < 4.78 is 41.3. The van der Waals surface area contributed by atoms with Crippen LogP contribution in [0.15, 0.2) is 65.6 Å². The molecule has 0 saturated heterocycles. The van der Waals surface area contributed by atoms with Gasteiger partial charge in [0, 0.05) is 16.8 Å². The van der Waals surface area contributed by atoms with Crippen molar-refractivity contribution in [3.05, 3.63) is 77.6 Å². The quantitative estimate of drug-likeness (QED) is 0.702. The van der Waals surface area contributed by atoms with Crippen LogP contribution < -0.4 is 9.62 Å².